The first-order valence-electron chi connectivity index (χ1n) is 6.92. The fourth-order valence-corrected chi connectivity index (χ4v) is 2.83. The molecule has 0 spiro atoms. The Morgan fingerprint density at radius 1 is 1.16 bits per heavy atom. The summed E-state index contributed by atoms with van der Waals surface area (Å²) in [7, 11) is 2.17. The van der Waals surface area contributed by atoms with E-state index in [9.17, 15) is 4.39 Å². The lowest BCUT2D eigenvalue weighted by atomic mass is 10.1. The number of nitrogens with zero attached hydrogens (tertiary/aromatic N) is 2. The van der Waals surface area contributed by atoms with Gasteiger partial charge in [0.05, 0.1) is 0 Å². The van der Waals surface area contributed by atoms with Gasteiger partial charge < -0.3 is 5.73 Å². The van der Waals surface area contributed by atoms with E-state index in [1.165, 1.54) is 6.07 Å². The fourth-order valence-electron chi connectivity index (χ4n) is 2.83. The van der Waals surface area contributed by atoms with Crippen LogP contribution in [0.1, 0.15) is 25.0 Å². The highest BCUT2D eigenvalue weighted by molar-refractivity contribution is 5.24. The standard InChI is InChI=1S/C15H24FN3/c1-11-8-19(9-12(2)18(11)3)10-14-4-13(7-17)5-15(16)6-14/h4-6,11-12H,7-10,17H2,1-3H3. The topological polar surface area (TPSA) is 32.5 Å². The molecule has 1 aliphatic heterocycles. The predicted octanol–water partition coefficient (Wildman–Crippen LogP) is 1.81. The first kappa shape index (κ1) is 14.4. The summed E-state index contributed by atoms with van der Waals surface area (Å²) >= 11 is 0. The second-order valence-electron chi connectivity index (χ2n) is 5.73. The van der Waals surface area contributed by atoms with E-state index >= 15 is 0 Å². The molecule has 2 rings (SSSR count). The molecule has 1 heterocycles. The molecule has 0 saturated carbocycles. The van der Waals surface area contributed by atoms with E-state index in [1.54, 1.807) is 6.07 Å². The smallest absolute Gasteiger partial charge is 0.123 e. The zero-order valence-electron chi connectivity index (χ0n) is 12.1. The van der Waals surface area contributed by atoms with Gasteiger partial charge in [0.2, 0.25) is 0 Å². The molecule has 106 valence electrons. The average molecular weight is 265 g/mol. The van der Waals surface area contributed by atoms with E-state index in [4.69, 9.17) is 5.73 Å². The third-order valence-electron chi connectivity index (χ3n) is 4.09. The van der Waals surface area contributed by atoms with Gasteiger partial charge in [-0.2, -0.15) is 0 Å². The fraction of sp³-hybridized carbons (Fsp3) is 0.600. The van der Waals surface area contributed by atoms with Crippen LogP contribution in [0.25, 0.3) is 0 Å². The van der Waals surface area contributed by atoms with Crippen molar-refractivity contribution in [2.24, 2.45) is 5.73 Å². The lowest BCUT2D eigenvalue weighted by Gasteiger charge is -2.42. The molecule has 1 saturated heterocycles. The van der Waals surface area contributed by atoms with Crippen LogP contribution in [0.3, 0.4) is 0 Å². The summed E-state index contributed by atoms with van der Waals surface area (Å²) in [6.45, 7) is 7.71. The Morgan fingerprint density at radius 3 is 2.32 bits per heavy atom. The third kappa shape index (κ3) is 3.53. The second kappa shape index (κ2) is 5.99. The molecule has 2 N–H and O–H groups in total. The minimum atomic E-state index is -0.187. The molecule has 0 radical (unpaired) electrons. The molecule has 1 aromatic rings. The molecule has 0 bridgehead atoms. The van der Waals surface area contributed by atoms with Crippen molar-refractivity contribution in [1.29, 1.82) is 0 Å². The van der Waals surface area contributed by atoms with Gasteiger partial charge in [0.25, 0.3) is 0 Å². The second-order valence-corrected chi connectivity index (χ2v) is 5.73. The van der Waals surface area contributed by atoms with E-state index in [-0.39, 0.29) is 5.82 Å². The number of nitrogens with two attached hydrogens (primary N) is 1. The van der Waals surface area contributed by atoms with Crippen LogP contribution in [-0.2, 0) is 13.1 Å². The van der Waals surface area contributed by atoms with Gasteiger partial charge in [0.15, 0.2) is 0 Å². The summed E-state index contributed by atoms with van der Waals surface area (Å²) in [5, 5.41) is 0. The third-order valence-corrected chi connectivity index (χ3v) is 4.09. The minimum Gasteiger partial charge on any atom is -0.326 e. The molecule has 1 fully saturated rings. The van der Waals surface area contributed by atoms with E-state index in [1.807, 2.05) is 6.07 Å². The Hall–Kier alpha value is -0.970. The highest BCUT2D eigenvalue weighted by Gasteiger charge is 2.26. The summed E-state index contributed by atoms with van der Waals surface area (Å²) in [6, 6.07) is 6.21. The summed E-state index contributed by atoms with van der Waals surface area (Å²) in [5.74, 6) is -0.187. The number of halogens is 1. The summed E-state index contributed by atoms with van der Waals surface area (Å²) in [6.07, 6.45) is 0. The van der Waals surface area contributed by atoms with Gasteiger partial charge >= 0.3 is 0 Å². The SMILES string of the molecule is CC1CN(Cc2cc(F)cc(CN)c2)CC(C)N1C. The molecule has 1 aliphatic rings. The first-order chi connectivity index (χ1) is 8.99. The largest absolute Gasteiger partial charge is 0.326 e. The van der Waals surface area contributed by atoms with E-state index in [0.29, 0.717) is 18.6 Å². The van der Waals surface area contributed by atoms with Gasteiger partial charge in [-0.3, -0.25) is 9.80 Å². The van der Waals surface area contributed by atoms with Crippen LogP contribution >= 0.6 is 0 Å². The molecule has 3 nitrogen and oxygen atoms in total. The monoisotopic (exact) mass is 265 g/mol. The Kier molecular flexibility index (Phi) is 4.55. The molecule has 0 aliphatic carbocycles. The number of hydrogen-bond acceptors (Lipinski definition) is 3. The molecule has 4 heteroatoms. The summed E-state index contributed by atoms with van der Waals surface area (Å²) < 4.78 is 13.5. The van der Waals surface area contributed by atoms with Crippen LogP contribution in [0.2, 0.25) is 0 Å². The van der Waals surface area contributed by atoms with Crippen LogP contribution in [0.5, 0.6) is 0 Å². The molecule has 2 unspecified atom stereocenters. The van der Waals surface area contributed by atoms with Crippen LogP contribution in [0.4, 0.5) is 4.39 Å². The van der Waals surface area contributed by atoms with Crippen molar-refractivity contribution in [3.8, 4) is 0 Å². The molecule has 2 atom stereocenters. The van der Waals surface area contributed by atoms with Crippen molar-refractivity contribution in [3.63, 3.8) is 0 Å². The number of rotatable bonds is 3. The highest BCUT2D eigenvalue weighted by atomic mass is 19.1. The van der Waals surface area contributed by atoms with E-state index < -0.39 is 0 Å². The van der Waals surface area contributed by atoms with Gasteiger partial charge in [-0.25, -0.2) is 4.39 Å². The quantitative estimate of drug-likeness (QED) is 0.904. The normalized spacial score (nSPS) is 25.7. The molecule has 0 amide bonds. The van der Waals surface area contributed by atoms with Crippen molar-refractivity contribution in [2.45, 2.75) is 39.0 Å². The summed E-state index contributed by atoms with van der Waals surface area (Å²) in [4.78, 5) is 4.79. The van der Waals surface area contributed by atoms with Crippen LogP contribution in [0, 0.1) is 5.82 Å². The maximum absolute atomic E-state index is 13.5. The zero-order chi connectivity index (χ0) is 14.0. The molecule has 1 aromatic carbocycles. The van der Waals surface area contributed by atoms with Crippen LogP contribution in [0.15, 0.2) is 18.2 Å². The van der Waals surface area contributed by atoms with Crippen molar-refractivity contribution < 1.29 is 4.39 Å². The maximum Gasteiger partial charge on any atom is 0.123 e. The van der Waals surface area contributed by atoms with Gasteiger partial charge in [0.1, 0.15) is 5.82 Å². The number of likely N-dealkylation sites (N-methyl/N-ethyl adjacent to an activating group) is 1. The molecule has 19 heavy (non-hydrogen) atoms. The van der Waals surface area contributed by atoms with Crippen molar-refractivity contribution in [1.82, 2.24) is 9.80 Å². The summed E-state index contributed by atoms with van der Waals surface area (Å²) in [5.41, 5.74) is 7.48. The Morgan fingerprint density at radius 2 is 1.74 bits per heavy atom. The van der Waals surface area contributed by atoms with Crippen LogP contribution < -0.4 is 5.73 Å². The van der Waals surface area contributed by atoms with Gasteiger partial charge in [0, 0.05) is 38.3 Å². The highest BCUT2D eigenvalue weighted by Crippen LogP contribution is 2.17. The Bertz CT molecular complexity index is 423. The van der Waals surface area contributed by atoms with E-state index in [0.717, 1.165) is 30.8 Å². The van der Waals surface area contributed by atoms with Crippen molar-refractivity contribution >= 4 is 0 Å². The van der Waals surface area contributed by atoms with Crippen molar-refractivity contribution in [3.05, 3.63) is 35.1 Å². The lowest BCUT2D eigenvalue weighted by Crippen LogP contribution is -2.54. The first-order valence-corrected chi connectivity index (χ1v) is 6.92. The van der Waals surface area contributed by atoms with Crippen molar-refractivity contribution in [2.75, 3.05) is 20.1 Å². The van der Waals surface area contributed by atoms with Gasteiger partial charge in [-0.15, -0.1) is 0 Å². The van der Waals surface area contributed by atoms with Crippen LogP contribution in [-0.4, -0.2) is 42.0 Å². The number of hydrogen-bond donors (Lipinski definition) is 1. The zero-order valence-corrected chi connectivity index (χ0v) is 12.1. The Labute approximate surface area is 115 Å². The van der Waals surface area contributed by atoms with Gasteiger partial charge in [-0.1, -0.05) is 6.07 Å². The molecular formula is C15H24FN3. The van der Waals surface area contributed by atoms with E-state index in [2.05, 4.69) is 30.7 Å². The predicted molar refractivity (Wildman–Crippen MR) is 76.3 cm³/mol. The molecule has 0 aromatic heterocycles. The number of benzene rings is 1. The Balaban J connectivity index is 2.07. The average Bonchev–Trinajstić information content (AvgIpc) is 2.35. The number of piperazine rings is 1. The maximum atomic E-state index is 13.5. The lowest BCUT2D eigenvalue weighted by molar-refractivity contribution is 0.0556. The minimum absolute atomic E-state index is 0.187. The molecular weight excluding hydrogens is 241 g/mol. The van der Waals surface area contributed by atoms with Gasteiger partial charge in [-0.05, 0) is 44.2 Å².